The van der Waals surface area contributed by atoms with E-state index in [4.69, 9.17) is 9.47 Å². The van der Waals surface area contributed by atoms with Crippen LogP contribution in [0.15, 0.2) is 41.1 Å². The van der Waals surface area contributed by atoms with Crippen molar-refractivity contribution in [3.05, 3.63) is 52.3 Å². The standard InChI is InChI=1S/C24H27N3O4S2/c1-30-19-12-17(13-20(14-19)31-2)24(29)27-9-6-16(7-10-27)22(28)25-8-5-18-15-33-23(26-18)21-4-3-11-32-21/h3-4,11-16H,5-10H2,1-2H3,(H,25,28). The third-order valence-electron chi connectivity index (χ3n) is 5.72. The van der Waals surface area contributed by atoms with Crippen LogP contribution in [0.2, 0.25) is 0 Å². The van der Waals surface area contributed by atoms with Crippen molar-refractivity contribution in [1.29, 1.82) is 0 Å². The Morgan fingerprint density at radius 1 is 1.12 bits per heavy atom. The number of thiophene rings is 1. The predicted octanol–water partition coefficient (Wildman–Crippen LogP) is 4.10. The molecule has 9 heteroatoms. The van der Waals surface area contributed by atoms with Gasteiger partial charge in [0.25, 0.3) is 5.91 Å². The molecule has 1 aromatic carbocycles. The fraction of sp³-hybridized carbons (Fsp3) is 0.375. The Hall–Kier alpha value is -2.91. The highest BCUT2D eigenvalue weighted by molar-refractivity contribution is 7.20. The van der Waals surface area contributed by atoms with E-state index in [2.05, 4.69) is 21.7 Å². The zero-order chi connectivity index (χ0) is 23.2. The first-order valence-electron chi connectivity index (χ1n) is 10.9. The van der Waals surface area contributed by atoms with Gasteiger partial charge in [0, 0.05) is 49.0 Å². The number of amides is 2. The molecule has 1 aliphatic rings. The van der Waals surface area contributed by atoms with Crippen molar-refractivity contribution in [2.24, 2.45) is 5.92 Å². The number of nitrogens with zero attached hydrogens (tertiary/aromatic N) is 2. The third kappa shape index (κ3) is 5.72. The first kappa shape index (κ1) is 23.3. The third-order valence-corrected chi connectivity index (χ3v) is 7.65. The average Bonchev–Trinajstić information content (AvgIpc) is 3.55. The molecular weight excluding hydrogens is 458 g/mol. The number of hydrogen-bond acceptors (Lipinski definition) is 7. The maximum Gasteiger partial charge on any atom is 0.254 e. The van der Waals surface area contributed by atoms with Crippen molar-refractivity contribution in [3.63, 3.8) is 0 Å². The van der Waals surface area contributed by atoms with Crippen molar-refractivity contribution in [1.82, 2.24) is 15.2 Å². The summed E-state index contributed by atoms with van der Waals surface area (Å²) in [5, 5.41) is 8.17. The zero-order valence-corrected chi connectivity index (χ0v) is 20.3. The van der Waals surface area contributed by atoms with Crippen LogP contribution in [-0.4, -0.2) is 55.6 Å². The summed E-state index contributed by atoms with van der Waals surface area (Å²) >= 11 is 3.31. The summed E-state index contributed by atoms with van der Waals surface area (Å²) in [6.07, 6.45) is 2.01. The second-order valence-electron chi connectivity index (χ2n) is 7.83. The quantitative estimate of drug-likeness (QED) is 0.520. The summed E-state index contributed by atoms with van der Waals surface area (Å²) in [6, 6.07) is 9.25. The molecule has 1 aliphatic heterocycles. The van der Waals surface area contributed by atoms with Crippen molar-refractivity contribution in [2.45, 2.75) is 19.3 Å². The fourth-order valence-electron chi connectivity index (χ4n) is 3.85. The van der Waals surface area contributed by atoms with Crippen LogP contribution >= 0.6 is 22.7 Å². The summed E-state index contributed by atoms with van der Waals surface area (Å²) < 4.78 is 10.5. The van der Waals surface area contributed by atoms with Gasteiger partial charge >= 0.3 is 0 Å². The van der Waals surface area contributed by atoms with Gasteiger partial charge in [0.15, 0.2) is 0 Å². The minimum Gasteiger partial charge on any atom is -0.497 e. The largest absolute Gasteiger partial charge is 0.497 e. The van der Waals surface area contributed by atoms with Gasteiger partial charge in [0.2, 0.25) is 5.91 Å². The van der Waals surface area contributed by atoms with Gasteiger partial charge in [0.05, 0.1) is 24.8 Å². The Balaban J connectivity index is 1.24. The van der Waals surface area contributed by atoms with Gasteiger partial charge in [-0.2, -0.15) is 0 Å². The Bertz CT molecular complexity index is 1070. The number of nitrogens with one attached hydrogen (secondary N) is 1. The molecule has 7 nitrogen and oxygen atoms in total. The second-order valence-corrected chi connectivity index (χ2v) is 9.64. The zero-order valence-electron chi connectivity index (χ0n) is 18.7. The van der Waals surface area contributed by atoms with Crippen LogP contribution in [-0.2, 0) is 11.2 Å². The number of carbonyl (C=O) groups is 2. The van der Waals surface area contributed by atoms with E-state index < -0.39 is 0 Å². The van der Waals surface area contributed by atoms with Crippen LogP contribution in [0.5, 0.6) is 11.5 Å². The molecule has 4 rings (SSSR count). The lowest BCUT2D eigenvalue weighted by molar-refractivity contribution is -0.126. The number of hydrogen-bond donors (Lipinski definition) is 1. The minimum absolute atomic E-state index is 0.0545. The van der Waals surface area contributed by atoms with E-state index in [1.54, 1.807) is 60.0 Å². The lowest BCUT2D eigenvalue weighted by Crippen LogP contribution is -2.43. The van der Waals surface area contributed by atoms with E-state index in [9.17, 15) is 9.59 Å². The number of methoxy groups -OCH3 is 2. The van der Waals surface area contributed by atoms with E-state index in [1.165, 1.54) is 4.88 Å². The first-order chi connectivity index (χ1) is 16.1. The van der Waals surface area contributed by atoms with E-state index in [0.717, 1.165) is 10.7 Å². The molecule has 0 saturated carbocycles. The molecule has 0 unspecified atom stereocenters. The lowest BCUT2D eigenvalue weighted by Gasteiger charge is -2.31. The van der Waals surface area contributed by atoms with Gasteiger partial charge in [-0.1, -0.05) is 6.07 Å². The summed E-state index contributed by atoms with van der Waals surface area (Å²) in [5.41, 5.74) is 1.53. The van der Waals surface area contributed by atoms with Gasteiger partial charge in [-0.05, 0) is 36.4 Å². The summed E-state index contributed by atoms with van der Waals surface area (Å²) in [6.45, 7) is 1.66. The summed E-state index contributed by atoms with van der Waals surface area (Å²) in [5.74, 6) is 1.06. The Kier molecular flexibility index (Phi) is 7.61. The number of piperidine rings is 1. The van der Waals surface area contributed by atoms with Crippen LogP contribution in [0, 0.1) is 5.92 Å². The van der Waals surface area contributed by atoms with Crippen LogP contribution in [0.4, 0.5) is 0 Å². The normalized spacial score (nSPS) is 14.2. The number of rotatable bonds is 8. The van der Waals surface area contributed by atoms with E-state index >= 15 is 0 Å². The number of thiazole rings is 1. The molecule has 2 amide bonds. The number of ether oxygens (including phenoxy) is 2. The number of carbonyl (C=O) groups excluding carboxylic acids is 2. The molecule has 174 valence electrons. The van der Waals surface area contributed by atoms with Crippen LogP contribution in [0.1, 0.15) is 28.9 Å². The smallest absolute Gasteiger partial charge is 0.254 e. The number of aromatic nitrogens is 1. The SMILES string of the molecule is COc1cc(OC)cc(C(=O)N2CCC(C(=O)NCCc3csc(-c4cccs4)n3)CC2)c1. The van der Waals surface area contributed by atoms with Crippen molar-refractivity contribution in [3.8, 4) is 21.4 Å². The predicted molar refractivity (Wildman–Crippen MR) is 130 cm³/mol. The minimum atomic E-state index is -0.0778. The molecule has 2 aromatic heterocycles. The van der Waals surface area contributed by atoms with Crippen molar-refractivity contribution < 1.29 is 19.1 Å². The van der Waals surface area contributed by atoms with Gasteiger partial charge < -0.3 is 19.7 Å². The van der Waals surface area contributed by atoms with E-state index in [0.29, 0.717) is 56.0 Å². The molecule has 0 spiro atoms. The molecule has 1 fully saturated rings. The van der Waals surface area contributed by atoms with Crippen molar-refractivity contribution >= 4 is 34.5 Å². The monoisotopic (exact) mass is 485 g/mol. The average molecular weight is 486 g/mol. The molecule has 3 aromatic rings. The van der Waals surface area contributed by atoms with Crippen LogP contribution in [0.3, 0.4) is 0 Å². The molecular formula is C24H27N3O4S2. The Labute approximate surface area is 201 Å². The van der Waals surface area contributed by atoms with Crippen LogP contribution in [0.25, 0.3) is 9.88 Å². The highest BCUT2D eigenvalue weighted by Crippen LogP contribution is 2.28. The Morgan fingerprint density at radius 3 is 2.48 bits per heavy atom. The highest BCUT2D eigenvalue weighted by Gasteiger charge is 2.28. The summed E-state index contributed by atoms with van der Waals surface area (Å²) in [7, 11) is 3.12. The van der Waals surface area contributed by atoms with E-state index in [1.807, 2.05) is 11.4 Å². The Morgan fingerprint density at radius 2 is 1.85 bits per heavy atom. The fourth-order valence-corrected chi connectivity index (χ4v) is 5.52. The molecule has 0 atom stereocenters. The number of likely N-dealkylation sites (tertiary alicyclic amines) is 1. The van der Waals surface area contributed by atoms with Crippen LogP contribution < -0.4 is 14.8 Å². The maximum absolute atomic E-state index is 12.9. The molecule has 0 bridgehead atoms. The first-order valence-corrected chi connectivity index (χ1v) is 12.6. The second kappa shape index (κ2) is 10.8. The number of benzene rings is 1. The molecule has 1 saturated heterocycles. The van der Waals surface area contributed by atoms with Gasteiger partial charge in [0.1, 0.15) is 16.5 Å². The van der Waals surface area contributed by atoms with Gasteiger partial charge in [-0.3, -0.25) is 9.59 Å². The molecule has 3 heterocycles. The maximum atomic E-state index is 12.9. The van der Waals surface area contributed by atoms with Gasteiger partial charge in [-0.15, -0.1) is 22.7 Å². The topological polar surface area (TPSA) is 80.8 Å². The van der Waals surface area contributed by atoms with E-state index in [-0.39, 0.29) is 17.7 Å². The molecule has 1 N–H and O–H groups in total. The molecule has 33 heavy (non-hydrogen) atoms. The lowest BCUT2D eigenvalue weighted by atomic mass is 9.95. The molecule has 0 aliphatic carbocycles. The van der Waals surface area contributed by atoms with Gasteiger partial charge in [-0.25, -0.2) is 4.98 Å². The highest BCUT2D eigenvalue weighted by atomic mass is 32.1. The molecule has 0 radical (unpaired) electrons. The summed E-state index contributed by atoms with van der Waals surface area (Å²) in [4.78, 5) is 33.2. The van der Waals surface area contributed by atoms with Crippen molar-refractivity contribution in [2.75, 3.05) is 33.9 Å².